The van der Waals surface area contributed by atoms with Crippen LogP contribution in [0.1, 0.15) is 232 Å². The van der Waals surface area contributed by atoms with Gasteiger partial charge < -0.3 is 39.9 Å². The molecule has 1 aliphatic carbocycles. The topological polar surface area (TPSA) is 210 Å². The van der Waals surface area contributed by atoms with Crippen LogP contribution in [-0.2, 0) is 32.7 Å². The molecule has 1 aliphatic rings. The van der Waals surface area contributed by atoms with E-state index in [-0.39, 0.29) is 12.8 Å². The molecule has 0 aromatic carbocycles. The van der Waals surface area contributed by atoms with Crippen LogP contribution in [0.3, 0.4) is 0 Å². The van der Waals surface area contributed by atoms with Gasteiger partial charge in [-0.3, -0.25) is 18.6 Å². The van der Waals surface area contributed by atoms with E-state index in [0.29, 0.717) is 19.3 Å². The summed E-state index contributed by atoms with van der Waals surface area (Å²) in [5, 5.41) is 50.2. The van der Waals surface area contributed by atoms with Gasteiger partial charge in [0, 0.05) is 12.8 Å². The molecule has 6 N–H and O–H groups in total. The van der Waals surface area contributed by atoms with Crippen molar-refractivity contribution in [1.29, 1.82) is 0 Å². The molecule has 0 bridgehead atoms. The molecule has 13 nitrogen and oxygen atoms in total. The van der Waals surface area contributed by atoms with Crippen molar-refractivity contribution in [2.45, 2.75) is 275 Å². The van der Waals surface area contributed by atoms with Crippen LogP contribution in [0.5, 0.6) is 0 Å². The summed E-state index contributed by atoms with van der Waals surface area (Å²) in [7, 11) is -5.12. The van der Waals surface area contributed by atoms with Crippen LogP contribution in [0, 0.1) is 0 Å². The number of esters is 2. The second-order valence-electron chi connectivity index (χ2n) is 18.0. The highest BCUT2D eigenvalue weighted by molar-refractivity contribution is 7.47. The van der Waals surface area contributed by atoms with Gasteiger partial charge in [0.2, 0.25) is 0 Å². The van der Waals surface area contributed by atoms with E-state index in [1.807, 2.05) is 0 Å². The van der Waals surface area contributed by atoms with Crippen LogP contribution in [0.25, 0.3) is 0 Å². The number of aliphatic hydroxyl groups is 5. The standard InChI is InChI=1S/C49H93O13P/c1-3-5-7-9-11-13-15-16-17-18-19-20-21-22-23-24-25-26-28-29-31-33-35-37-42(50)59-39-41(61-43(51)38-36-34-32-30-27-14-12-10-8-6-4-2)40-60-63(57,58)62-49-47(55)45(53)44(52)46(54)48(49)56/h29,31,41,44-49,52-56H,3-28,30,32-40H2,1-2H3,(H,57,58)/b31-29+/t41-,44?,45-,46?,47?,48?,49?/m1/s1. The van der Waals surface area contributed by atoms with E-state index >= 15 is 0 Å². The van der Waals surface area contributed by atoms with Crippen molar-refractivity contribution in [3.05, 3.63) is 12.2 Å². The van der Waals surface area contributed by atoms with Crippen molar-refractivity contribution in [2.75, 3.05) is 13.2 Å². The minimum atomic E-state index is -5.12. The van der Waals surface area contributed by atoms with E-state index in [9.17, 15) is 44.6 Å². The first-order valence-corrected chi connectivity index (χ1v) is 27.0. The Bertz CT molecular complexity index is 1160. The van der Waals surface area contributed by atoms with E-state index < -0.39 is 75.7 Å². The number of rotatable bonds is 43. The third kappa shape index (κ3) is 32.0. The van der Waals surface area contributed by atoms with Gasteiger partial charge >= 0.3 is 19.8 Å². The maximum absolute atomic E-state index is 12.8. The normalized spacial score (nSPS) is 21.7. The van der Waals surface area contributed by atoms with Crippen LogP contribution in [0.15, 0.2) is 12.2 Å². The highest BCUT2D eigenvalue weighted by Gasteiger charge is 2.51. The van der Waals surface area contributed by atoms with E-state index in [4.69, 9.17) is 18.5 Å². The molecule has 0 saturated heterocycles. The summed E-state index contributed by atoms with van der Waals surface area (Å²) in [6.07, 6.45) is 30.1. The Hall–Kier alpha value is -1.41. The molecule has 1 rings (SSSR count). The number of hydrogen-bond donors (Lipinski definition) is 6. The summed E-state index contributed by atoms with van der Waals surface area (Å²) in [6.45, 7) is 3.29. The molecule has 6 unspecified atom stereocenters. The Labute approximate surface area is 382 Å². The van der Waals surface area contributed by atoms with Gasteiger partial charge in [-0.15, -0.1) is 0 Å². The summed E-state index contributed by atoms with van der Waals surface area (Å²) >= 11 is 0. The molecule has 8 atom stereocenters. The largest absolute Gasteiger partial charge is 0.472 e. The fourth-order valence-electron chi connectivity index (χ4n) is 8.00. The number of hydrogen-bond acceptors (Lipinski definition) is 12. The third-order valence-electron chi connectivity index (χ3n) is 12.1. The van der Waals surface area contributed by atoms with E-state index in [0.717, 1.165) is 38.5 Å². The number of ether oxygens (including phenoxy) is 2. The van der Waals surface area contributed by atoms with E-state index in [1.165, 1.54) is 148 Å². The summed E-state index contributed by atoms with van der Waals surface area (Å²) in [4.78, 5) is 35.7. The number of phosphoric ester groups is 1. The molecule has 63 heavy (non-hydrogen) atoms. The van der Waals surface area contributed by atoms with E-state index in [1.54, 1.807) is 0 Å². The fraction of sp³-hybridized carbons (Fsp3) is 0.918. The number of unbranched alkanes of at least 4 members (excludes halogenated alkanes) is 29. The van der Waals surface area contributed by atoms with Crippen LogP contribution in [0.2, 0.25) is 0 Å². The summed E-state index contributed by atoms with van der Waals surface area (Å²) in [5.74, 6) is -1.13. The molecule has 14 heteroatoms. The SMILES string of the molecule is CCCCCCCCCCCCCCCCCCCC/C=C/CCCC(=O)OC[C@H](COP(=O)(O)OC1C(O)C(O)C(O)[C@@H](O)C1O)OC(=O)CCCCCCCCCCCCC. The van der Waals surface area contributed by atoms with Crippen LogP contribution < -0.4 is 0 Å². The Morgan fingerprint density at radius 3 is 1.25 bits per heavy atom. The van der Waals surface area contributed by atoms with Crippen LogP contribution in [0.4, 0.5) is 0 Å². The molecule has 372 valence electrons. The first kappa shape index (κ1) is 59.6. The van der Waals surface area contributed by atoms with Gasteiger partial charge in [0.05, 0.1) is 6.61 Å². The molecular formula is C49H93O13P. The molecule has 0 aromatic rings. The first-order valence-electron chi connectivity index (χ1n) is 25.5. The van der Waals surface area contributed by atoms with Crippen molar-refractivity contribution in [1.82, 2.24) is 0 Å². The average molecular weight is 921 g/mol. The number of allylic oxidation sites excluding steroid dienone is 2. The van der Waals surface area contributed by atoms with Gasteiger partial charge in [-0.25, -0.2) is 4.57 Å². The summed E-state index contributed by atoms with van der Waals surface area (Å²) in [6, 6.07) is 0. The van der Waals surface area contributed by atoms with E-state index in [2.05, 4.69) is 26.0 Å². The van der Waals surface area contributed by atoms with Crippen molar-refractivity contribution in [3.8, 4) is 0 Å². The molecule has 0 radical (unpaired) electrons. The molecule has 0 amide bonds. The first-order chi connectivity index (χ1) is 30.4. The predicted octanol–water partition coefficient (Wildman–Crippen LogP) is 10.6. The van der Waals surface area contributed by atoms with Crippen molar-refractivity contribution in [2.24, 2.45) is 0 Å². The van der Waals surface area contributed by atoms with Crippen LogP contribution in [-0.4, -0.2) is 98.3 Å². The number of carbonyl (C=O) groups excluding carboxylic acids is 2. The number of carbonyl (C=O) groups is 2. The lowest BCUT2D eigenvalue weighted by Gasteiger charge is -2.41. The lowest BCUT2D eigenvalue weighted by Crippen LogP contribution is -2.64. The Kier molecular flexibility index (Phi) is 37.6. The number of aliphatic hydroxyl groups excluding tert-OH is 5. The molecular weight excluding hydrogens is 827 g/mol. The minimum absolute atomic E-state index is 0.0964. The molecule has 1 saturated carbocycles. The molecule has 0 heterocycles. The molecule has 1 fully saturated rings. The Balaban J connectivity index is 2.34. The predicted molar refractivity (Wildman–Crippen MR) is 249 cm³/mol. The van der Waals surface area contributed by atoms with Crippen molar-refractivity contribution < 1.29 is 63.1 Å². The zero-order valence-electron chi connectivity index (χ0n) is 39.6. The van der Waals surface area contributed by atoms with Crippen molar-refractivity contribution >= 4 is 19.8 Å². The fourth-order valence-corrected chi connectivity index (χ4v) is 8.97. The quantitative estimate of drug-likeness (QED) is 0.0146. The molecule has 0 aromatic heterocycles. The Morgan fingerprint density at radius 1 is 0.476 bits per heavy atom. The van der Waals surface area contributed by atoms with Crippen molar-refractivity contribution in [3.63, 3.8) is 0 Å². The second-order valence-corrected chi connectivity index (χ2v) is 19.4. The zero-order valence-corrected chi connectivity index (χ0v) is 40.5. The lowest BCUT2D eigenvalue weighted by atomic mass is 9.85. The highest BCUT2D eigenvalue weighted by atomic mass is 31.2. The van der Waals surface area contributed by atoms with Gasteiger partial charge in [0.1, 0.15) is 43.2 Å². The molecule has 0 spiro atoms. The van der Waals surface area contributed by atoms with Gasteiger partial charge in [0.25, 0.3) is 0 Å². The number of phosphoric acid groups is 1. The highest BCUT2D eigenvalue weighted by Crippen LogP contribution is 2.47. The monoisotopic (exact) mass is 921 g/mol. The maximum atomic E-state index is 12.8. The summed E-state index contributed by atoms with van der Waals surface area (Å²) in [5.41, 5.74) is 0. The third-order valence-corrected chi connectivity index (χ3v) is 13.1. The summed E-state index contributed by atoms with van der Waals surface area (Å²) < 4.78 is 33.5. The second kappa shape index (κ2) is 39.7. The van der Waals surface area contributed by atoms with Gasteiger partial charge in [-0.05, 0) is 32.1 Å². The van der Waals surface area contributed by atoms with Gasteiger partial charge in [-0.1, -0.05) is 199 Å². The zero-order chi connectivity index (χ0) is 46.4. The van der Waals surface area contributed by atoms with Crippen LogP contribution >= 0.6 is 7.82 Å². The molecule has 0 aliphatic heterocycles. The average Bonchev–Trinajstić information content (AvgIpc) is 3.26. The van der Waals surface area contributed by atoms with Gasteiger partial charge in [-0.2, -0.15) is 0 Å². The lowest BCUT2D eigenvalue weighted by molar-refractivity contribution is -0.220. The maximum Gasteiger partial charge on any atom is 0.472 e. The Morgan fingerprint density at radius 2 is 0.825 bits per heavy atom. The minimum Gasteiger partial charge on any atom is -0.462 e. The smallest absolute Gasteiger partial charge is 0.462 e. The van der Waals surface area contributed by atoms with Gasteiger partial charge in [0.15, 0.2) is 6.10 Å².